The van der Waals surface area contributed by atoms with Gasteiger partial charge in [0.15, 0.2) is 0 Å². The topological polar surface area (TPSA) is 84.0 Å². The molecule has 9 heavy (non-hydrogen) atoms. The van der Waals surface area contributed by atoms with Crippen LogP contribution in [0.1, 0.15) is 6.92 Å². The van der Waals surface area contributed by atoms with Crippen LogP contribution in [0.3, 0.4) is 0 Å². The number of hydrogen-bond donors (Lipinski definition) is 1. The van der Waals surface area contributed by atoms with E-state index in [9.17, 15) is 0 Å². The van der Waals surface area contributed by atoms with E-state index < -0.39 is 0 Å². The standard InChI is InChI=1S/C4H8N4O/c1-2-9-4(8-6)3-7-5/h3H,2,6H2,1H3/b8-4-. The van der Waals surface area contributed by atoms with Crippen LogP contribution in [0.5, 0.6) is 0 Å². The van der Waals surface area contributed by atoms with Gasteiger partial charge in [0, 0.05) is 0 Å². The lowest BCUT2D eigenvalue weighted by Gasteiger charge is -1.92. The van der Waals surface area contributed by atoms with Crippen molar-refractivity contribution in [2.24, 2.45) is 10.9 Å². The SMILES string of the molecule is CCO/C(C=[N+]=[N-])=N\N. The average molecular weight is 128 g/mol. The molecule has 0 rings (SSSR count). The quantitative estimate of drug-likeness (QED) is 0.137. The fraction of sp³-hybridized carbons (Fsp3) is 0.500. The molecule has 0 saturated heterocycles. The Morgan fingerprint density at radius 3 is 3.00 bits per heavy atom. The maximum Gasteiger partial charge on any atom is 0.343 e. The van der Waals surface area contributed by atoms with E-state index in [0.717, 1.165) is 6.21 Å². The molecule has 0 aliphatic rings. The summed E-state index contributed by atoms with van der Waals surface area (Å²) in [6.45, 7) is 2.22. The van der Waals surface area contributed by atoms with Crippen molar-refractivity contribution in [1.29, 1.82) is 0 Å². The van der Waals surface area contributed by atoms with Gasteiger partial charge in [-0.15, -0.1) is 5.10 Å². The second-order valence-corrected chi connectivity index (χ2v) is 1.14. The highest BCUT2D eigenvalue weighted by Gasteiger charge is 1.96. The number of nitrogens with two attached hydrogens (primary N) is 1. The number of hydrogen-bond acceptors (Lipinski definition) is 3. The van der Waals surface area contributed by atoms with E-state index in [2.05, 4.69) is 9.89 Å². The van der Waals surface area contributed by atoms with E-state index in [1.165, 1.54) is 0 Å². The van der Waals surface area contributed by atoms with E-state index in [1.807, 2.05) is 0 Å². The van der Waals surface area contributed by atoms with Gasteiger partial charge in [-0.25, -0.2) is 0 Å². The van der Waals surface area contributed by atoms with Crippen LogP contribution >= 0.6 is 0 Å². The van der Waals surface area contributed by atoms with Crippen LogP contribution < -0.4 is 5.84 Å². The Bertz CT molecular complexity index is 147. The highest BCUT2D eigenvalue weighted by atomic mass is 16.5. The van der Waals surface area contributed by atoms with Crippen LogP contribution in [0.2, 0.25) is 0 Å². The summed E-state index contributed by atoms with van der Waals surface area (Å²) in [5.74, 6) is 4.92. The Morgan fingerprint density at radius 1 is 2.00 bits per heavy atom. The van der Waals surface area contributed by atoms with Gasteiger partial charge in [-0.2, -0.15) is 4.79 Å². The van der Waals surface area contributed by atoms with Gasteiger partial charge in [0.1, 0.15) is 0 Å². The summed E-state index contributed by atoms with van der Waals surface area (Å²) < 4.78 is 4.75. The summed E-state index contributed by atoms with van der Waals surface area (Å²) in [5.41, 5.74) is 7.95. The van der Waals surface area contributed by atoms with Crippen molar-refractivity contribution >= 4 is 12.1 Å². The molecule has 5 heteroatoms. The Hall–Kier alpha value is -1.35. The number of nitrogens with zero attached hydrogens (tertiary/aromatic N) is 3. The smallest absolute Gasteiger partial charge is 0.343 e. The molecular weight excluding hydrogens is 120 g/mol. The van der Waals surface area contributed by atoms with E-state index >= 15 is 0 Å². The first-order valence-electron chi connectivity index (χ1n) is 2.43. The molecule has 0 fully saturated rings. The fourth-order valence-electron chi connectivity index (χ4n) is 0.305. The lowest BCUT2D eigenvalue weighted by atomic mass is 10.7. The van der Waals surface area contributed by atoms with Gasteiger partial charge in [-0.1, -0.05) is 0 Å². The van der Waals surface area contributed by atoms with Crippen LogP contribution in [-0.2, 0) is 4.74 Å². The Kier molecular flexibility index (Phi) is 4.08. The van der Waals surface area contributed by atoms with Crippen molar-refractivity contribution in [3.05, 3.63) is 5.53 Å². The van der Waals surface area contributed by atoms with Crippen LogP contribution in [0.25, 0.3) is 5.53 Å². The summed E-state index contributed by atoms with van der Waals surface area (Å²) in [5, 5.41) is 3.15. The zero-order valence-electron chi connectivity index (χ0n) is 5.11. The van der Waals surface area contributed by atoms with Gasteiger partial charge >= 0.3 is 12.1 Å². The predicted octanol–water partition coefficient (Wildman–Crippen LogP) is -0.404. The van der Waals surface area contributed by atoms with Crippen molar-refractivity contribution < 1.29 is 9.53 Å². The zero-order valence-corrected chi connectivity index (χ0v) is 5.11. The summed E-state index contributed by atoms with van der Waals surface area (Å²) in [4.78, 5) is 2.66. The predicted molar refractivity (Wildman–Crippen MR) is 32.9 cm³/mol. The minimum Gasteiger partial charge on any atom is -0.472 e. The number of hydrazone groups is 1. The lowest BCUT2D eigenvalue weighted by molar-refractivity contribution is 0.00482. The number of ether oxygens (including phenoxy) is 1. The van der Waals surface area contributed by atoms with Crippen molar-refractivity contribution in [2.45, 2.75) is 6.92 Å². The van der Waals surface area contributed by atoms with Gasteiger partial charge in [0.05, 0.1) is 6.61 Å². The summed E-state index contributed by atoms with van der Waals surface area (Å²) in [6.07, 6.45) is 1.02. The summed E-state index contributed by atoms with van der Waals surface area (Å²) >= 11 is 0. The minimum atomic E-state index is 0.111. The van der Waals surface area contributed by atoms with Crippen LogP contribution in [0, 0.1) is 0 Å². The van der Waals surface area contributed by atoms with Gasteiger partial charge in [-0.05, 0) is 6.92 Å². The molecule has 0 radical (unpaired) electrons. The van der Waals surface area contributed by atoms with Gasteiger partial charge in [0.25, 0.3) is 0 Å². The van der Waals surface area contributed by atoms with Crippen molar-refractivity contribution in [1.82, 2.24) is 0 Å². The third-order valence-corrected chi connectivity index (χ3v) is 0.588. The Labute approximate surface area is 52.7 Å². The minimum absolute atomic E-state index is 0.111. The van der Waals surface area contributed by atoms with Gasteiger partial charge in [0.2, 0.25) is 0 Å². The molecule has 2 N–H and O–H groups in total. The molecule has 0 amide bonds. The maximum atomic E-state index is 7.95. The Balaban J connectivity index is 3.85. The highest BCUT2D eigenvalue weighted by Crippen LogP contribution is 1.72. The second-order valence-electron chi connectivity index (χ2n) is 1.14. The molecule has 0 spiro atoms. The molecule has 0 saturated carbocycles. The molecule has 0 aromatic rings. The fourth-order valence-corrected chi connectivity index (χ4v) is 0.305. The molecule has 0 atom stereocenters. The van der Waals surface area contributed by atoms with E-state index in [0.29, 0.717) is 6.61 Å². The van der Waals surface area contributed by atoms with E-state index in [4.69, 9.17) is 16.1 Å². The molecular formula is C4H8N4O. The third-order valence-electron chi connectivity index (χ3n) is 0.588. The molecule has 50 valence electrons. The zero-order chi connectivity index (χ0) is 7.11. The summed E-state index contributed by atoms with van der Waals surface area (Å²) in [7, 11) is 0. The van der Waals surface area contributed by atoms with Crippen molar-refractivity contribution in [3.63, 3.8) is 0 Å². The number of rotatable bonds is 2. The first-order chi connectivity index (χ1) is 4.35. The molecule has 0 unspecified atom stereocenters. The first-order valence-corrected chi connectivity index (χ1v) is 2.43. The average Bonchev–Trinajstić information content (AvgIpc) is 1.88. The summed E-state index contributed by atoms with van der Waals surface area (Å²) in [6, 6.07) is 0. The third kappa shape index (κ3) is 3.25. The lowest BCUT2D eigenvalue weighted by Crippen LogP contribution is -2.08. The monoisotopic (exact) mass is 128 g/mol. The van der Waals surface area contributed by atoms with Gasteiger partial charge in [-0.3, -0.25) is 0 Å². The largest absolute Gasteiger partial charge is 0.472 e. The highest BCUT2D eigenvalue weighted by molar-refractivity contribution is 6.23. The second kappa shape index (κ2) is 4.80. The van der Waals surface area contributed by atoms with Crippen LogP contribution in [0.15, 0.2) is 5.10 Å². The molecule has 0 aromatic heterocycles. The molecule has 0 aliphatic heterocycles. The van der Waals surface area contributed by atoms with Gasteiger partial charge < -0.3 is 16.1 Å². The van der Waals surface area contributed by atoms with Crippen molar-refractivity contribution in [2.75, 3.05) is 6.61 Å². The molecule has 0 bridgehead atoms. The van der Waals surface area contributed by atoms with Crippen molar-refractivity contribution in [3.8, 4) is 0 Å². The van der Waals surface area contributed by atoms with E-state index in [-0.39, 0.29) is 5.90 Å². The maximum absolute atomic E-state index is 7.95. The van der Waals surface area contributed by atoms with Crippen LogP contribution in [0.4, 0.5) is 0 Å². The molecule has 0 aromatic carbocycles. The molecule has 5 nitrogen and oxygen atoms in total. The first kappa shape index (κ1) is 7.65. The van der Waals surface area contributed by atoms with E-state index in [1.54, 1.807) is 6.92 Å². The molecule has 0 aliphatic carbocycles. The normalized spacial score (nSPS) is 10.1. The van der Waals surface area contributed by atoms with Crippen LogP contribution in [-0.4, -0.2) is 23.5 Å². The molecule has 0 heterocycles. The Morgan fingerprint density at radius 2 is 2.67 bits per heavy atom.